The van der Waals surface area contributed by atoms with Gasteiger partial charge in [-0.3, -0.25) is 0 Å². The summed E-state index contributed by atoms with van der Waals surface area (Å²) in [5, 5.41) is 13.1. The van der Waals surface area contributed by atoms with Crippen LogP contribution in [0.4, 0.5) is 24.9 Å². The van der Waals surface area contributed by atoms with Gasteiger partial charge in [0.2, 0.25) is 16.0 Å². The highest BCUT2D eigenvalue weighted by atomic mass is 32.2. The van der Waals surface area contributed by atoms with Gasteiger partial charge in [0.1, 0.15) is 40.7 Å². The van der Waals surface area contributed by atoms with E-state index in [2.05, 4.69) is 43.1 Å². The molecule has 5 heterocycles. The number of anilines is 2. The maximum Gasteiger partial charge on any atom is 0.420 e. The molecule has 1 N–H and O–H groups in total. The average molecular weight is 605 g/mol. The molecule has 2 fully saturated rings. The number of hydrogen-bond donors (Lipinski definition) is 1. The number of hydrogen-bond acceptors (Lipinski definition) is 10. The Bertz CT molecular complexity index is 1570. The van der Waals surface area contributed by atoms with Crippen molar-refractivity contribution in [3.63, 3.8) is 0 Å². The van der Waals surface area contributed by atoms with E-state index in [0.717, 1.165) is 32.1 Å². The second-order valence-corrected chi connectivity index (χ2v) is 12.2. The lowest BCUT2D eigenvalue weighted by molar-refractivity contribution is -0.137. The molecular formula is C26H31F3N10O2S. The van der Waals surface area contributed by atoms with Crippen LogP contribution in [0.5, 0.6) is 0 Å². The van der Waals surface area contributed by atoms with Gasteiger partial charge < -0.3 is 19.7 Å². The van der Waals surface area contributed by atoms with Crippen LogP contribution < -0.4 is 10.2 Å². The molecule has 5 rings (SSSR count). The highest BCUT2D eigenvalue weighted by molar-refractivity contribution is 7.88. The molecule has 2 saturated heterocycles. The fraction of sp³-hybridized carbons (Fsp3) is 0.500. The monoisotopic (exact) mass is 604 g/mol. The number of nitrogens with one attached hydrogen (secondary N) is 1. The molecule has 0 radical (unpaired) electrons. The zero-order valence-electron chi connectivity index (χ0n) is 23.2. The first kappa shape index (κ1) is 29.7. The molecule has 3 aromatic rings. The van der Waals surface area contributed by atoms with E-state index in [1.165, 1.54) is 21.4 Å². The van der Waals surface area contributed by atoms with Crippen molar-refractivity contribution in [2.45, 2.75) is 32.0 Å². The lowest BCUT2D eigenvalue weighted by Gasteiger charge is -2.35. The molecule has 0 saturated carbocycles. The van der Waals surface area contributed by atoms with Crippen LogP contribution in [0.25, 0.3) is 17.1 Å². The summed E-state index contributed by atoms with van der Waals surface area (Å²) < 4.78 is 68.4. The number of pyridine rings is 1. The van der Waals surface area contributed by atoms with Crippen LogP contribution in [0.1, 0.15) is 30.9 Å². The Balaban J connectivity index is 1.43. The summed E-state index contributed by atoms with van der Waals surface area (Å²) >= 11 is 0. The Morgan fingerprint density at radius 1 is 1.10 bits per heavy atom. The van der Waals surface area contributed by atoms with Crippen molar-refractivity contribution in [1.82, 2.24) is 33.7 Å². The van der Waals surface area contributed by atoms with E-state index in [1.54, 1.807) is 12.3 Å². The second-order valence-electron chi connectivity index (χ2n) is 10.3. The number of nitrogens with zero attached hydrogens (tertiary/aromatic N) is 9. The Morgan fingerprint density at radius 2 is 1.81 bits per heavy atom. The van der Waals surface area contributed by atoms with Gasteiger partial charge in [-0.05, 0) is 25.5 Å². The van der Waals surface area contributed by atoms with Gasteiger partial charge in [-0.25, -0.2) is 32.7 Å². The Hall–Kier alpha value is -3.81. The highest BCUT2D eigenvalue weighted by Gasteiger charge is 2.36. The molecule has 2 aliphatic rings. The number of likely N-dealkylation sites (N-methyl/N-ethyl adjacent to an activating group) is 1. The van der Waals surface area contributed by atoms with Crippen LogP contribution in [0, 0.1) is 11.3 Å². The smallest absolute Gasteiger partial charge is 0.353 e. The van der Waals surface area contributed by atoms with Gasteiger partial charge in [0.15, 0.2) is 0 Å². The van der Waals surface area contributed by atoms with Crippen LogP contribution in [-0.2, 0) is 16.2 Å². The van der Waals surface area contributed by atoms with E-state index in [-0.39, 0.29) is 30.8 Å². The minimum atomic E-state index is -4.74. The zero-order chi connectivity index (χ0) is 30.1. The van der Waals surface area contributed by atoms with Crippen molar-refractivity contribution < 1.29 is 21.6 Å². The lowest BCUT2D eigenvalue weighted by atomic mass is 10.1. The van der Waals surface area contributed by atoms with Crippen LogP contribution >= 0.6 is 0 Å². The van der Waals surface area contributed by atoms with Crippen molar-refractivity contribution in [3.8, 4) is 23.1 Å². The summed E-state index contributed by atoms with van der Waals surface area (Å²) in [7, 11) is -3.32. The van der Waals surface area contributed by atoms with E-state index in [1.807, 2.05) is 4.90 Å². The number of sulfonamides is 1. The first-order chi connectivity index (χ1) is 20.0. The zero-order valence-corrected chi connectivity index (χ0v) is 24.0. The van der Waals surface area contributed by atoms with Crippen molar-refractivity contribution in [2.75, 3.05) is 62.3 Å². The van der Waals surface area contributed by atoms with Crippen LogP contribution in [0.2, 0.25) is 0 Å². The minimum Gasteiger partial charge on any atom is -0.353 e. The topological polar surface area (TPSA) is 136 Å². The quantitative estimate of drug-likeness (QED) is 0.429. The molecule has 16 heteroatoms. The number of alkyl halides is 3. The molecular weight excluding hydrogens is 573 g/mol. The largest absolute Gasteiger partial charge is 0.420 e. The summed E-state index contributed by atoms with van der Waals surface area (Å²) in [6, 6.07) is 3.62. The summed E-state index contributed by atoms with van der Waals surface area (Å²) in [6.45, 7) is 6.69. The number of imidazole rings is 1. The molecule has 3 aromatic heterocycles. The van der Waals surface area contributed by atoms with Gasteiger partial charge in [-0.2, -0.15) is 18.4 Å². The number of piperazine rings is 1. The Labute approximate surface area is 241 Å². The molecule has 0 atom stereocenters. The third-order valence-corrected chi connectivity index (χ3v) is 8.90. The van der Waals surface area contributed by atoms with E-state index < -0.39 is 27.5 Å². The van der Waals surface area contributed by atoms with Crippen LogP contribution in [0.3, 0.4) is 0 Å². The van der Waals surface area contributed by atoms with E-state index in [9.17, 15) is 26.9 Å². The molecule has 0 amide bonds. The van der Waals surface area contributed by atoms with Crippen molar-refractivity contribution in [2.24, 2.45) is 0 Å². The lowest BCUT2D eigenvalue weighted by Crippen LogP contribution is -2.46. The molecule has 0 bridgehead atoms. The number of aromatic nitrogens is 5. The van der Waals surface area contributed by atoms with E-state index in [4.69, 9.17) is 0 Å². The predicted octanol–water partition coefficient (Wildman–Crippen LogP) is 2.59. The molecule has 0 aliphatic carbocycles. The standard InChI is InChI=1S/C26H31F3N10O2S/c1-3-36-10-12-37(13-11-36)24-19(14-30)22(4-7-31-24)38-16-21(33-17-38)23-20(26(27,28)29)15-32-25(35-23)34-18-5-8-39(9-6-18)42(2,40)41/h4,7,15-18H,3,5-6,8-13H2,1-2H3,(H,32,34,35). The van der Waals surface area contributed by atoms with E-state index in [0.29, 0.717) is 43.0 Å². The summed E-state index contributed by atoms with van der Waals surface area (Å²) in [6.07, 6.45) is 2.36. The fourth-order valence-electron chi connectivity index (χ4n) is 5.22. The maximum absolute atomic E-state index is 14.0. The summed E-state index contributed by atoms with van der Waals surface area (Å²) in [4.78, 5) is 21.1. The molecule has 2 aliphatic heterocycles. The third-order valence-electron chi connectivity index (χ3n) is 7.59. The Kier molecular flexibility index (Phi) is 8.35. The first-order valence-electron chi connectivity index (χ1n) is 13.5. The summed E-state index contributed by atoms with van der Waals surface area (Å²) in [5.41, 5.74) is -0.755. The first-order valence-corrected chi connectivity index (χ1v) is 15.4. The van der Waals surface area contributed by atoms with E-state index >= 15 is 0 Å². The van der Waals surface area contributed by atoms with Gasteiger partial charge in [0.05, 0.1) is 11.9 Å². The predicted molar refractivity (Wildman–Crippen MR) is 149 cm³/mol. The van der Waals surface area contributed by atoms with Crippen molar-refractivity contribution in [3.05, 3.63) is 42.1 Å². The summed E-state index contributed by atoms with van der Waals surface area (Å²) in [5.74, 6) is 0.507. The molecule has 0 unspecified atom stereocenters. The Morgan fingerprint density at radius 3 is 2.43 bits per heavy atom. The normalized spacial score (nSPS) is 17.8. The van der Waals surface area contributed by atoms with Crippen LogP contribution in [-0.4, -0.2) is 100 Å². The van der Waals surface area contributed by atoms with Gasteiger partial charge in [-0.15, -0.1) is 0 Å². The molecule has 224 valence electrons. The second kappa shape index (κ2) is 11.8. The highest BCUT2D eigenvalue weighted by Crippen LogP contribution is 2.36. The maximum atomic E-state index is 14.0. The number of halogens is 3. The molecule has 0 aromatic carbocycles. The average Bonchev–Trinajstić information content (AvgIpc) is 3.46. The minimum absolute atomic E-state index is 0.0134. The molecule has 42 heavy (non-hydrogen) atoms. The SMILES string of the molecule is CCN1CCN(c2nccc(-n3cnc(-c4nc(NC5CCN(S(C)(=O)=O)CC5)ncc4C(F)(F)F)c3)c2C#N)CC1. The van der Waals surface area contributed by atoms with Gasteiger partial charge >= 0.3 is 6.18 Å². The fourth-order valence-corrected chi connectivity index (χ4v) is 6.10. The number of nitriles is 1. The third kappa shape index (κ3) is 6.32. The van der Waals surface area contributed by atoms with Gasteiger partial charge in [0, 0.05) is 63.9 Å². The molecule has 0 spiro atoms. The van der Waals surface area contributed by atoms with Gasteiger partial charge in [-0.1, -0.05) is 6.92 Å². The number of piperidine rings is 1. The van der Waals surface area contributed by atoms with Crippen molar-refractivity contribution >= 4 is 21.8 Å². The number of rotatable bonds is 7. The van der Waals surface area contributed by atoms with Crippen LogP contribution in [0.15, 0.2) is 31.0 Å². The molecule has 12 nitrogen and oxygen atoms in total. The van der Waals surface area contributed by atoms with Gasteiger partial charge in [0.25, 0.3) is 0 Å². The van der Waals surface area contributed by atoms with Crippen molar-refractivity contribution in [1.29, 1.82) is 5.26 Å².